The first-order valence-electron chi connectivity index (χ1n) is 6.11. The van der Waals surface area contributed by atoms with Crippen molar-refractivity contribution in [3.63, 3.8) is 0 Å². The van der Waals surface area contributed by atoms with Crippen molar-refractivity contribution in [2.75, 3.05) is 0 Å². The number of aromatic amines is 1. The summed E-state index contributed by atoms with van der Waals surface area (Å²) in [6, 6.07) is 5.88. The maximum absolute atomic E-state index is 13.0. The van der Waals surface area contributed by atoms with Crippen molar-refractivity contribution in [3.8, 4) is 5.69 Å². The molecule has 0 saturated carbocycles. The molecule has 7 heteroatoms. The number of nitrogens with zero attached hydrogens (tertiary/aromatic N) is 2. The van der Waals surface area contributed by atoms with Crippen molar-refractivity contribution >= 4 is 23.3 Å². The monoisotopic (exact) mass is 309 g/mol. The van der Waals surface area contributed by atoms with Gasteiger partial charge in [0.25, 0.3) is 0 Å². The minimum Gasteiger partial charge on any atom is -0.329 e. The van der Waals surface area contributed by atoms with E-state index in [0.717, 1.165) is 6.07 Å². The Balaban J connectivity index is 2.29. The second-order valence-electron chi connectivity index (χ2n) is 4.66. The van der Waals surface area contributed by atoms with Gasteiger partial charge in [-0.1, -0.05) is 6.07 Å². The Labute approximate surface area is 123 Å². The Morgan fingerprint density at radius 2 is 2.00 bits per heavy atom. The zero-order chi connectivity index (χ0) is 15.2. The van der Waals surface area contributed by atoms with Gasteiger partial charge in [-0.3, -0.25) is 9.55 Å². The first kappa shape index (κ1) is 13.8. The molecule has 0 atom stereocenters. The van der Waals surface area contributed by atoms with Crippen molar-refractivity contribution in [2.24, 2.45) is 0 Å². The second-order valence-corrected chi connectivity index (χ2v) is 5.04. The largest absolute Gasteiger partial charge is 0.416 e. The van der Waals surface area contributed by atoms with E-state index in [-0.39, 0.29) is 5.56 Å². The van der Waals surface area contributed by atoms with Crippen LogP contribution in [0.15, 0.2) is 36.7 Å². The minimum atomic E-state index is -4.39. The molecule has 2 heterocycles. The molecule has 0 aliphatic rings. The smallest absolute Gasteiger partial charge is 0.329 e. The van der Waals surface area contributed by atoms with Gasteiger partial charge in [0.15, 0.2) is 4.77 Å². The molecular weight excluding hydrogens is 299 g/mol. The van der Waals surface area contributed by atoms with Crippen LogP contribution in [0.25, 0.3) is 16.7 Å². The number of rotatable bonds is 1. The maximum atomic E-state index is 13.0. The van der Waals surface area contributed by atoms with Crippen LogP contribution >= 0.6 is 12.2 Å². The Bertz CT molecular complexity index is 877. The van der Waals surface area contributed by atoms with Crippen LogP contribution < -0.4 is 0 Å². The van der Waals surface area contributed by atoms with Crippen molar-refractivity contribution in [2.45, 2.75) is 13.1 Å². The first-order chi connectivity index (χ1) is 9.88. The zero-order valence-electron chi connectivity index (χ0n) is 10.9. The lowest BCUT2D eigenvalue weighted by Gasteiger charge is -2.13. The number of alkyl halides is 3. The van der Waals surface area contributed by atoms with E-state index in [4.69, 9.17) is 12.2 Å². The summed E-state index contributed by atoms with van der Waals surface area (Å²) in [6.45, 7) is 1.44. The summed E-state index contributed by atoms with van der Waals surface area (Å²) in [5, 5.41) is 0. The van der Waals surface area contributed by atoms with E-state index in [1.807, 2.05) is 0 Å². The van der Waals surface area contributed by atoms with Crippen molar-refractivity contribution in [1.82, 2.24) is 14.5 Å². The molecule has 2 aromatic heterocycles. The van der Waals surface area contributed by atoms with Gasteiger partial charge in [0.1, 0.15) is 0 Å². The fourth-order valence-electron chi connectivity index (χ4n) is 2.27. The fourth-order valence-corrected chi connectivity index (χ4v) is 2.58. The molecule has 108 valence electrons. The summed E-state index contributed by atoms with van der Waals surface area (Å²) in [7, 11) is 0. The fraction of sp³-hybridized carbons (Fsp3) is 0.143. The highest BCUT2D eigenvalue weighted by Crippen LogP contribution is 2.33. The average molecular weight is 309 g/mol. The van der Waals surface area contributed by atoms with E-state index in [2.05, 4.69) is 9.97 Å². The third kappa shape index (κ3) is 2.33. The van der Waals surface area contributed by atoms with Crippen LogP contribution in [-0.4, -0.2) is 14.5 Å². The number of H-pyrrole nitrogens is 1. The van der Waals surface area contributed by atoms with Crippen LogP contribution in [0.5, 0.6) is 0 Å². The predicted octanol–water partition coefficient (Wildman–Crippen LogP) is 4.41. The highest BCUT2D eigenvalue weighted by Gasteiger charge is 2.32. The molecule has 3 rings (SSSR count). The molecule has 1 N–H and O–H groups in total. The number of nitrogens with one attached hydrogen (secondary N) is 1. The zero-order valence-corrected chi connectivity index (χ0v) is 11.7. The van der Waals surface area contributed by atoms with Gasteiger partial charge in [-0.05, 0) is 42.9 Å². The summed E-state index contributed by atoms with van der Waals surface area (Å²) >= 11 is 5.20. The lowest BCUT2D eigenvalue weighted by atomic mass is 10.1. The third-order valence-electron chi connectivity index (χ3n) is 3.27. The normalized spacial score (nSPS) is 12.0. The molecule has 0 fully saturated rings. The van der Waals surface area contributed by atoms with Gasteiger partial charge >= 0.3 is 6.18 Å². The van der Waals surface area contributed by atoms with E-state index in [1.54, 1.807) is 29.1 Å². The molecule has 3 nitrogen and oxygen atoms in total. The van der Waals surface area contributed by atoms with Gasteiger partial charge in [0.05, 0.1) is 22.8 Å². The molecule has 0 aliphatic heterocycles. The van der Waals surface area contributed by atoms with E-state index in [9.17, 15) is 13.2 Å². The van der Waals surface area contributed by atoms with E-state index >= 15 is 0 Å². The number of aryl methyl sites for hydroxylation is 1. The Morgan fingerprint density at radius 1 is 1.24 bits per heavy atom. The first-order valence-corrected chi connectivity index (χ1v) is 6.52. The molecular formula is C14H10F3N3S. The Hall–Kier alpha value is -2.15. The Kier molecular flexibility index (Phi) is 3.09. The van der Waals surface area contributed by atoms with Gasteiger partial charge in [0, 0.05) is 11.9 Å². The number of benzene rings is 1. The van der Waals surface area contributed by atoms with Gasteiger partial charge < -0.3 is 4.98 Å². The maximum Gasteiger partial charge on any atom is 0.416 e. The van der Waals surface area contributed by atoms with Crippen LogP contribution in [0.1, 0.15) is 11.1 Å². The molecule has 0 spiro atoms. The van der Waals surface area contributed by atoms with Gasteiger partial charge in [-0.2, -0.15) is 13.2 Å². The SMILES string of the molecule is Cc1ccc(-n2c(=S)[nH]c3cnccc32)cc1C(F)(F)F. The molecule has 0 unspecified atom stereocenters. The average Bonchev–Trinajstić information content (AvgIpc) is 2.74. The van der Waals surface area contributed by atoms with Crippen LogP contribution in [0, 0.1) is 11.7 Å². The molecule has 0 bridgehead atoms. The number of pyridine rings is 1. The van der Waals surface area contributed by atoms with E-state index in [0.29, 0.717) is 21.5 Å². The lowest BCUT2D eigenvalue weighted by molar-refractivity contribution is -0.138. The van der Waals surface area contributed by atoms with Crippen molar-refractivity contribution in [1.29, 1.82) is 0 Å². The molecule has 1 aromatic carbocycles. The number of halogens is 3. The van der Waals surface area contributed by atoms with Crippen LogP contribution in [0.3, 0.4) is 0 Å². The number of imidazole rings is 1. The minimum absolute atomic E-state index is 0.180. The van der Waals surface area contributed by atoms with Crippen LogP contribution in [0.2, 0.25) is 0 Å². The predicted molar refractivity (Wildman–Crippen MR) is 76.0 cm³/mol. The van der Waals surface area contributed by atoms with Gasteiger partial charge in [-0.15, -0.1) is 0 Å². The van der Waals surface area contributed by atoms with Crippen molar-refractivity contribution < 1.29 is 13.2 Å². The molecule has 0 amide bonds. The standard InChI is InChI=1S/C14H10F3N3S/c1-8-2-3-9(6-10(8)14(15,16)17)20-12-4-5-18-7-11(12)19-13(20)21/h2-7H,1H3,(H,19,21). The van der Waals surface area contributed by atoms with Crippen LogP contribution in [-0.2, 0) is 6.18 Å². The number of hydrogen-bond donors (Lipinski definition) is 1. The van der Waals surface area contributed by atoms with E-state index < -0.39 is 11.7 Å². The topological polar surface area (TPSA) is 33.6 Å². The highest BCUT2D eigenvalue weighted by molar-refractivity contribution is 7.71. The summed E-state index contributed by atoms with van der Waals surface area (Å²) in [4.78, 5) is 6.89. The van der Waals surface area contributed by atoms with Crippen molar-refractivity contribution in [3.05, 3.63) is 52.6 Å². The summed E-state index contributed by atoms with van der Waals surface area (Å²) in [5.41, 5.74) is 1.25. The molecule has 0 saturated heterocycles. The number of aromatic nitrogens is 3. The summed E-state index contributed by atoms with van der Waals surface area (Å²) in [5.74, 6) is 0. The molecule has 21 heavy (non-hydrogen) atoms. The van der Waals surface area contributed by atoms with Gasteiger partial charge in [0.2, 0.25) is 0 Å². The Morgan fingerprint density at radius 3 is 2.71 bits per heavy atom. The molecule has 0 aliphatic carbocycles. The molecule has 0 radical (unpaired) electrons. The summed E-state index contributed by atoms with van der Waals surface area (Å²) in [6.07, 6.45) is -1.24. The van der Waals surface area contributed by atoms with E-state index in [1.165, 1.54) is 13.0 Å². The summed E-state index contributed by atoms with van der Waals surface area (Å²) < 4.78 is 41.0. The highest BCUT2D eigenvalue weighted by atomic mass is 32.1. The third-order valence-corrected chi connectivity index (χ3v) is 3.55. The van der Waals surface area contributed by atoms with Gasteiger partial charge in [-0.25, -0.2) is 0 Å². The number of hydrogen-bond acceptors (Lipinski definition) is 2. The second kappa shape index (κ2) is 4.70. The number of fused-ring (bicyclic) bond motifs is 1. The molecule has 3 aromatic rings. The van der Waals surface area contributed by atoms with Crippen LogP contribution in [0.4, 0.5) is 13.2 Å². The lowest BCUT2D eigenvalue weighted by Crippen LogP contribution is -2.08. The quantitative estimate of drug-likeness (QED) is 0.676.